The van der Waals surface area contributed by atoms with Crippen molar-refractivity contribution < 1.29 is 26.5 Å². The Morgan fingerprint density at radius 1 is 1.36 bits per heavy atom. The minimum atomic E-state index is -3.66. The number of nitrogens with zero attached hydrogens (tertiary/aromatic N) is 1. The average molecular weight is 373 g/mol. The minimum Gasteiger partial charge on any atom is -0.466 e. The molecule has 0 aliphatic carbocycles. The number of esters is 1. The summed E-state index contributed by atoms with van der Waals surface area (Å²) in [5.74, 6) is -0.836. The topological polar surface area (TPSA) is 72.9 Å². The standard InChI is InChI=1S/C17H24FNO5S/c1-4-23-17(20)13-8-10-19(11-9-13)16-14(6-5-7-15(16)18)12(2)24-25(3,21)22/h5-7,12-13H,4,8-11H2,1-3H3. The molecule has 0 spiro atoms. The molecule has 1 aromatic carbocycles. The monoisotopic (exact) mass is 373 g/mol. The van der Waals surface area contributed by atoms with Crippen LogP contribution in [-0.4, -0.2) is 40.3 Å². The molecule has 0 amide bonds. The fourth-order valence-electron chi connectivity index (χ4n) is 3.11. The van der Waals surface area contributed by atoms with E-state index in [9.17, 15) is 17.6 Å². The maximum Gasteiger partial charge on any atom is 0.309 e. The molecule has 1 aliphatic rings. The SMILES string of the molecule is CCOC(=O)C1CCN(c2c(F)cccc2C(C)OS(C)(=O)=O)CC1. The molecule has 1 heterocycles. The molecule has 1 unspecified atom stereocenters. The van der Waals surface area contributed by atoms with Crippen molar-refractivity contribution in [2.24, 2.45) is 5.92 Å². The molecule has 0 radical (unpaired) electrons. The largest absolute Gasteiger partial charge is 0.466 e. The van der Waals surface area contributed by atoms with E-state index in [-0.39, 0.29) is 11.9 Å². The number of ether oxygens (including phenoxy) is 1. The molecule has 2 rings (SSSR count). The normalized spacial score (nSPS) is 17.4. The number of rotatable bonds is 6. The van der Waals surface area contributed by atoms with Crippen molar-refractivity contribution in [3.63, 3.8) is 0 Å². The second kappa shape index (κ2) is 8.14. The highest BCUT2D eigenvalue weighted by molar-refractivity contribution is 7.86. The molecule has 1 aromatic rings. The summed E-state index contributed by atoms with van der Waals surface area (Å²) < 4.78 is 47.3. The van der Waals surface area contributed by atoms with E-state index in [0.717, 1.165) is 6.26 Å². The van der Waals surface area contributed by atoms with Crippen LogP contribution in [-0.2, 0) is 23.8 Å². The van der Waals surface area contributed by atoms with Crippen molar-refractivity contribution in [1.82, 2.24) is 0 Å². The molecule has 0 saturated carbocycles. The van der Waals surface area contributed by atoms with E-state index >= 15 is 0 Å². The first-order chi connectivity index (χ1) is 11.7. The van der Waals surface area contributed by atoms with Crippen LogP contribution >= 0.6 is 0 Å². The first-order valence-electron chi connectivity index (χ1n) is 8.31. The molecule has 25 heavy (non-hydrogen) atoms. The summed E-state index contributed by atoms with van der Waals surface area (Å²) in [6, 6.07) is 4.52. The molecule has 0 bridgehead atoms. The van der Waals surface area contributed by atoms with Crippen molar-refractivity contribution in [3.8, 4) is 0 Å². The van der Waals surface area contributed by atoms with Crippen molar-refractivity contribution in [2.75, 3.05) is 30.9 Å². The maximum absolute atomic E-state index is 14.5. The van der Waals surface area contributed by atoms with Crippen LogP contribution < -0.4 is 4.90 Å². The zero-order chi connectivity index (χ0) is 18.6. The molecular formula is C17H24FNO5S. The number of hydrogen-bond acceptors (Lipinski definition) is 6. The van der Waals surface area contributed by atoms with E-state index in [1.807, 2.05) is 4.90 Å². The molecule has 1 fully saturated rings. The molecule has 8 heteroatoms. The number of halogens is 1. The number of piperidine rings is 1. The van der Waals surface area contributed by atoms with Crippen molar-refractivity contribution in [2.45, 2.75) is 32.8 Å². The average Bonchev–Trinajstić information content (AvgIpc) is 2.53. The first kappa shape index (κ1) is 19.7. The Hall–Kier alpha value is -1.67. The quantitative estimate of drug-likeness (QED) is 0.564. The zero-order valence-electron chi connectivity index (χ0n) is 14.7. The molecule has 1 atom stereocenters. The van der Waals surface area contributed by atoms with E-state index in [0.29, 0.717) is 43.8 Å². The maximum atomic E-state index is 14.5. The van der Waals surface area contributed by atoms with E-state index in [1.54, 1.807) is 19.9 Å². The Balaban J connectivity index is 2.19. The van der Waals surface area contributed by atoms with Gasteiger partial charge in [-0.3, -0.25) is 8.98 Å². The highest BCUT2D eigenvalue weighted by Gasteiger charge is 2.29. The van der Waals surface area contributed by atoms with Gasteiger partial charge in [-0.15, -0.1) is 0 Å². The van der Waals surface area contributed by atoms with Crippen LogP contribution in [0.5, 0.6) is 0 Å². The first-order valence-corrected chi connectivity index (χ1v) is 10.1. The third kappa shape index (κ3) is 5.15. The second-order valence-corrected chi connectivity index (χ2v) is 7.73. The Bertz CT molecular complexity index is 714. The summed E-state index contributed by atoms with van der Waals surface area (Å²) in [6.45, 7) is 4.66. The van der Waals surface area contributed by atoms with Gasteiger partial charge in [-0.05, 0) is 32.8 Å². The third-order valence-corrected chi connectivity index (χ3v) is 4.84. The van der Waals surface area contributed by atoms with Gasteiger partial charge in [0.2, 0.25) is 0 Å². The summed E-state index contributed by atoms with van der Waals surface area (Å²) in [6.07, 6.45) is 1.29. The van der Waals surface area contributed by atoms with Gasteiger partial charge in [0, 0.05) is 18.7 Å². The van der Waals surface area contributed by atoms with Crippen LogP contribution in [0.15, 0.2) is 18.2 Å². The molecule has 140 valence electrons. The van der Waals surface area contributed by atoms with Gasteiger partial charge >= 0.3 is 5.97 Å². The predicted molar refractivity (Wildman–Crippen MR) is 92.3 cm³/mol. The Kier molecular flexibility index (Phi) is 6.40. The van der Waals surface area contributed by atoms with Gasteiger partial charge in [0.05, 0.1) is 24.5 Å². The number of para-hydroxylation sites is 1. The number of hydrogen-bond donors (Lipinski definition) is 0. The van der Waals surface area contributed by atoms with Gasteiger partial charge in [-0.2, -0.15) is 8.42 Å². The van der Waals surface area contributed by atoms with Crippen LogP contribution in [0.4, 0.5) is 10.1 Å². The summed E-state index contributed by atoms with van der Waals surface area (Å²) >= 11 is 0. The van der Waals surface area contributed by atoms with Gasteiger partial charge < -0.3 is 9.64 Å². The van der Waals surface area contributed by atoms with Crippen molar-refractivity contribution in [1.29, 1.82) is 0 Å². The lowest BCUT2D eigenvalue weighted by Crippen LogP contribution is -2.38. The summed E-state index contributed by atoms with van der Waals surface area (Å²) in [7, 11) is -3.66. The number of carbonyl (C=O) groups excluding carboxylic acids is 1. The molecular weight excluding hydrogens is 349 g/mol. The van der Waals surface area contributed by atoms with Crippen LogP contribution in [0.3, 0.4) is 0 Å². The lowest BCUT2D eigenvalue weighted by atomic mass is 9.95. The second-order valence-electron chi connectivity index (χ2n) is 6.13. The van der Waals surface area contributed by atoms with Crippen molar-refractivity contribution in [3.05, 3.63) is 29.6 Å². The van der Waals surface area contributed by atoms with E-state index in [4.69, 9.17) is 8.92 Å². The molecule has 1 saturated heterocycles. The van der Waals surface area contributed by atoms with Gasteiger partial charge in [-0.1, -0.05) is 12.1 Å². The Morgan fingerprint density at radius 3 is 2.56 bits per heavy atom. The van der Waals surface area contributed by atoms with E-state index in [2.05, 4.69) is 0 Å². The van der Waals surface area contributed by atoms with Gasteiger partial charge in [-0.25, -0.2) is 4.39 Å². The summed E-state index contributed by atoms with van der Waals surface area (Å²) in [5, 5.41) is 0. The third-order valence-electron chi connectivity index (χ3n) is 4.21. The van der Waals surface area contributed by atoms with Crippen molar-refractivity contribution >= 4 is 21.8 Å². The Morgan fingerprint density at radius 2 is 2.00 bits per heavy atom. The van der Waals surface area contributed by atoms with Gasteiger partial charge in [0.15, 0.2) is 0 Å². The van der Waals surface area contributed by atoms with Crippen LogP contribution in [0.25, 0.3) is 0 Å². The zero-order valence-corrected chi connectivity index (χ0v) is 15.5. The lowest BCUT2D eigenvalue weighted by molar-refractivity contribution is -0.148. The highest BCUT2D eigenvalue weighted by Crippen LogP contribution is 2.34. The van der Waals surface area contributed by atoms with E-state index in [1.165, 1.54) is 12.1 Å². The molecule has 1 aliphatic heterocycles. The number of carbonyl (C=O) groups is 1. The number of benzene rings is 1. The fourth-order valence-corrected chi connectivity index (χ4v) is 3.73. The minimum absolute atomic E-state index is 0.184. The summed E-state index contributed by atoms with van der Waals surface area (Å²) in [5.41, 5.74) is 0.806. The van der Waals surface area contributed by atoms with Crippen LogP contribution in [0, 0.1) is 11.7 Å². The molecule has 0 aromatic heterocycles. The van der Waals surface area contributed by atoms with Crippen LogP contribution in [0.2, 0.25) is 0 Å². The van der Waals surface area contributed by atoms with Crippen LogP contribution in [0.1, 0.15) is 38.4 Å². The predicted octanol–water partition coefficient (Wildman–Crippen LogP) is 2.64. The molecule has 0 N–H and O–H groups in total. The highest BCUT2D eigenvalue weighted by atomic mass is 32.2. The fraction of sp³-hybridized carbons (Fsp3) is 0.588. The van der Waals surface area contributed by atoms with Gasteiger partial charge in [0.1, 0.15) is 11.9 Å². The smallest absolute Gasteiger partial charge is 0.309 e. The lowest BCUT2D eigenvalue weighted by Gasteiger charge is -2.34. The Labute approximate surface area is 148 Å². The summed E-state index contributed by atoms with van der Waals surface area (Å²) in [4.78, 5) is 13.7. The number of anilines is 1. The van der Waals surface area contributed by atoms with E-state index < -0.39 is 22.0 Å². The van der Waals surface area contributed by atoms with Gasteiger partial charge in [0.25, 0.3) is 10.1 Å². The molecule has 6 nitrogen and oxygen atoms in total.